The van der Waals surface area contributed by atoms with Crippen LogP contribution >= 0.6 is 24.0 Å². The summed E-state index contributed by atoms with van der Waals surface area (Å²) in [4.78, 5) is 6.83. The molecule has 0 bridgehead atoms. The highest BCUT2D eigenvalue weighted by atomic mass is 127. The molecule has 1 aliphatic heterocycles. The van der Waals surface area contributed by atoms with Gasteiger partial charge in [-0.1, -0.05) is 0 Å². The van der Waals surface area contributed by atoms with E-state index in [2.05, 4.69) is 17.1 Å². The Morgan fingerprint density at radius 1 is 1.31 bits per heavy atom. The first-order valence-corrected chi connectivity index (χ1v) is 10.0. The molecule has 1 atom stereocenters. The van der Waals surface area contributed by atoms with Crippen molar-refractivity contribution in [2.75, 3.05) is 60.8 Å². The summed E-state index contributed by atoms with van der Waals surface area (Å²) in [5.41, 5.74) is 1.08. The van der Waals surface area contributed by atoms with Gasteiger partial charge in [-0.2, -0.15) is 0 Å². The van der Waals surface area contributed by atoms with E-state index in [-0.39, 0.29) is 24.0 Å². The number of methoxy groups -OCH3 is 2. The maximum absolute atomic E-state index is 5.76. The molecular weight excluding hydrogens is 485 g/mol. The fourth-order valence-electron chi connectivity index (χ4n) is 3.10. The lowest BCUT2D eigenvalue weighted by Gasteiger charge is -2.23. The highest BCUT2D eigenvalue weighted by Crippen LogP contribution is 2.25. The number of hydrogen-bond acceptors (Lipinski definition) is 5. The maximum Gasteiger partial charge on any atom is 0.193 e. The lowest BCUT2D eigenvalue weighted by Crippen LogP contribution is -2.38. The Kier molecular flexibility index (Phi) is 13.0. The van der Waals surface area contributed by atoms with Gasteiger partial charge < -0.3 is 29.2 Å². The van der Waals surface area contributed by atoms with Crippen LogP contribution in [0, 0.1) is 5.92 Å². The molecule has 166 valence electrons. The van der Waals surface area contributed by atoms with Gasteiger partial charge in [-0.3, -0.25) is 4.99 Å². The first-order chi connectivity index (χ1) is 13.7. The monoisotopic (exact) mass is 521 g/mol. The summed E-state index contributed by atoms with van der Waals surface area (Å²) in [6.07, 6.45) is 2.02. The minimum absolute atomic E-state index is 0. The standard InChI is InChI=1S/C21H35N3O4.HI/c1-5-22-21(23-10-6-11-27-15-17-9-12-28-16-17)24(2)14-18-7-8-19(25-3)13-20(18)26-4;/h7-8,13,17H,5-6,9-12,14-16H2,1-4H3,(H,22,23);1H. The zero-order valence-corrected chi connectivity index (χ0v) is 20.4. The normalized spacial score (nSPS) is 16.3. The summed E-state index contributed by atoms with van der Waals surface area (Å²) < 4.78 is 21.9. The molecule has 8 heteroatoms. The quantitative estimate of drug-likeness (QED) is 0.209. The van der Waals surface area contributed by atoms with Crippen molar-refractivity contribution in [3.05, 3.63) is 23.8 Å². The van der Waals surface area contributed by atoms with Crippen LogP contribution in [0.25, 0.3) is 0 Å². The molecule has 1 saturated heterocycles. The molecule has 1 unspecified atom stereocenters. The fourth-order valence-corrected chi connectivity index (χ4v) is 3.10. The van der Waals surface area contributed by atoms with E-state index in [1.807, 2.05) is 25.2 Å². The van der Waals surface area contributed by atoms with Crippen molar-refractivity contribution < 1.29 is 18.9 Å². The molecule has 0 spiro atoms. The van der Waals surface area contributed by atoms with Crippen LogP contribution in [-0.2, 0) is 16.0 Å². The van der Waals surface area contributed by atoms with Gasteiger partial charge in [0, 0.05) is 57.4 Å². The van der Waals surface area contributed by atoms with E-state index in [0.29, 0.717) is 12.5 Å². The molecule has 0 amide bonds. The van der Waals surface area contributed by atoms with Gasteiger partial charge in [0.1, 0.15) is 11.5 Å². The molecule has 0 saturated carbocycles. The Balaban J connectivity index is 0.00000420. The Labute approximate surface area is 192 Å². The van der Waals surface area contributed by atoms with Gasteiger partial charge in [-0.05, 0) is 31.9 Å². The van der Waals surface area contributed by atoms with Crippen LogP contribution in [0.15, 0.2) is 23.2 Å². The first-order valence-electron chi connectivity index (χ1n) is 10.0. The van der Waals surface area contributed by atoms with Crippen LogP contribution in [0.5, 0.6) is 11.5 Å². The van der Waals surface area contributed by atoms with Crippen LogP contribution in [-0.4, -0.2) is 71.6 Å². The second kappa shape index (κ2) is 14.7. The SMILES string of the molecule is CCNC(=NCCCOCC1CCOC1)N(C)Cc1ccc(OC)cc1OC.I. The summed E-state index contributed by atoms with van der Waals surface area (Å²) in [7, 11) is 5.36. The van der Waals surface area contributed by atoms with Crippen molar-refractivity contribution in [2.45, 2.75) is 26.3 Å². The molecule has 2 rings (SSSR count). The second-order valence-electron chi connectivity index (χ2n) is 6.93. The van der Waals surface area contributed by atoms with Gasteiger partial charge in [-0.15, -0.1) is 24.0 Å². The average molecular weight is 521 g/mol. The summed E-state index contributed by atoms with van der Waals surface area (Å²) in [5, 5.41) is 3.35. The Bertz CT molecular complexity index is 610. The second-order valence-corrected chi connectivity index (χ2v) is 6.93. The minimum atomic E-state index is 0. The molecular formula is C21H36IN3O4. The number of aliphatic imine (C=N–C) groups is 1. The lowest BCUT2D eigenvalue weighted by molar-refractivity contribution is 0.0893. The van der Waals surface area contributed by atoms with E-state index in [1.165, 1.54) is 0 Å². The molecule has 1 heterocycles. The molecule has 29 heavy (non-hydrogen) atoms. The number of halogens is 1. The topological polar surface area (TPSA) is 64.6 Å². The fraction of sp³-hybridized carbons (Fsp3) is 0.667. The number of ether oxygens (including phenoxy) is 4. The lowest BCUT2D eigenvalue weighted by atomic mass is 10.1. The van der Waals surface area contributed by atoms with E-state index < -0.39 is 0 Å². The third-order valence-corrected chi connectivity index (χ3v) is 4.68. The van der Waals surface area contributed by atoms with Crippen LogP contribution in [0.2, 0.25) is 0 Å². The molecule has 0 radical (unpaired) electrons. The predicted octanol–water partition coefficient (Wildman–Crippen LogP) is 3.16. The maximum atomic E-state index is 5.76. The van der Waals surface area contributed by atoms with Crippen molar-refractivity contribution in [2.24, 2.45) is 10.9 Å². The van der Waals surface area contributed by atoms with Crippen LogP contribution in [0.4, 0.5) is 0 Å². The third-order valence-electron chi connectivity index (χ3n) is 4.68. The number of benzene rings is 1. The molecule has 7 nitrogen and oxygen atoms in total. The molecule has 1 fully saturated rings. The summed E-state index contributed by atoms with van der Waals surface area (Å²) in [6, 6.07) is 5.88. The van der Waals surface area contributed by atoms with E-state index in [9.17, 15) is 0 Å². The smallest absolute Gasteiger partial charge is 0.193 e. The zero-order chi connectivity index (χ0) is 20.2. The molecule has 0 aliphatic carbocycles. The van der Waals surface area contributed by atoms with Gasteiger partial charge in [0.25, 0.3) is 0 Å². The number of nitrogens with one attached hydrogen (secondary N) is 1. The van der Waals surface area contributed by atoms with Crippen molar-refractivity contribution in [1.29, 1.82) is 0 Å². The molecule has 1 aliphatic rings. The number of nitrogens with zero attached hydrogens (tertiary/aromatic N) is 2. The Hall–Kier alpha value is -1.26. The molecule has 0 aromatic heterocycles. The van der Waals surface area contributed by atoms with Gasteiger partial charge in [0.15, 0.2) is 5.96 Å². The number of rotatable bonds is 11. The molecule has 1 aromatic rings. The molecule has 1 aromatic carbocycles. The van der Waals surface area contributed by atoms with E-state index in [1.54, 1.807) is 14.2 Å². The van der Waals surface area contributed by atoms with E-state index in [0.717, 1.165) is 75.4 Å². The van der Waals surface area contributed by atoms with Gasteiger partial charge in [0.05, 0.1) is 27.4 Å². The van der Waals surface area contributed by atoms with Crippen molar-refractivity contribution in [3.63, 3.8) is 0 Å². The van der Waals surface area contributed by atoms with Gasteiger partial charge in [-0.25, -0.2) is 0 Å². The number of guanidine groups is 1. The third kappa shape index (κ3) is 8.96. The van der Waals surface area contributed by atoms with Crippen LogP contribution in [0.1, 0.15) is 25.3 Å². The highest BCUT2D eigenvalue weighted by molar-refractivity contribution is 14.0. The predicted molar refractivity (Wildman–Crippen MR) is 127 cm³/mol. The summed E-state index contributed by atoms with van der Waals surface area (Å²) >= 11 is 0. The van der Waals surface area contributed by atoms with Gasteiger partial charge in [0.2, 0.25) is 0 Å². The molecule has 1 N–H and O–H groups in total. The zero-order valence-electron chi connectivity index (χ0n) is 18.1. The van der Waals surface area contributed by atoms with Gasteiger partial charge >= 0.3 is 0 Å². The Morgan fingerprint density at radius 2 is 2.14 bits per heavy atom. The van der Waals surface area contributed by atoms with Crippen LogP contribution in [0.3, 0.4) is 0 Å². The van der Waals surface area contributed by atoms with E-state index in [4.69, 9.17) is 23.9 Å². The summed E-state index contributed by atoms with van der Waals surface area (Å²) in [5.74, 6) is 3.04. The summed E-state index contributed by atoms with van der Waals surface area (Å²) in [6.45, 7) is 7.55. The highest BCUT2D eigenvalue weighted by Gasteiger charge is 2.15. The van der Waals surface area contributed by atoms with Crippen molar-refractivity contribution in [3.8, 4) is 11.5 Å². The van der Waals surface area contributed by atoms with E-state index >= 15 is 0 Å². The first kappa shape index (κ1) is 25.8. The number of hydrogen-bond donors (Lipinski definition) is 1. The van der Waals surface area contributed by atoms with Crippen molar-refractivity contribution >= 4 is 29.9 Å². The largest absolute Gasteiger partial charge is 0.497 e. The van der Waals surface area contributed by atoms with Crippen molar-refractivity contribution in [1.82, 2.24) is 10.2 Å². The van der Waals surface area contributed by atoms with Crippen LogP contribution < -0.4 is 14.8 Å². The minimum Gasteiger partial charge on any atom is -0.497 e. The Morgan fingerprint density at radius 3 is 2.79 bits per heavy atom. The average Bonchev–Trinajstić information content (AvgIpc) is 3.23.